The second-order valence-corrected chi connectivity index (χ2v) is 4.53. The SMILES string of the molecule is COc1cccc(C(N)CN2C(=O)CN(C)C2=O)c1. The number of carbonyl (C=O) groups is 2. The summed E-state index contributed by atoms with van der Waals surface area (Å²) in [5.41, 5.74) is 6.88. The van der Waals surface area contributed by atoms with Crippen LogP contribution < -0.4 is 10.5 Å². The number of imide groups is 1. The summed E-state index contributed by atoms with van der Waals surface area (Å²) >= 11 is 0. The summed E-state index contributed by atoms with van der Waals surface area (Å²) in [7, 11) is 3.17. The lowest BCUT2D eigenvalue weighted by Gasteiger charge is -2.19. The molecule has 1 fully saturated rings. The van der Waals surface area contributed by atoms with Gasteiger partial charge in [0.25, 0.3) is 0 Å². The Morgan fingerprint density at radius 1 is 1.42 bits per heavy atom. The van der Waals surface area contributed by atoms with Crippen molar-refractivity contribution < 1.29 is 14.3 Å². The predicted molar refractivity (Wildman–Crippen MR) is 69.7 cm³/mol. The van der Waals surface area contributed by atoms with Gasteiger partial charge >= 0.3 is 6.03 Å². The summed E-state index contributed by atoms with van der Waals surface area (Å²) in [4.78, 5) is 26.0. The average Bonchev–Trinajstić information content (AvgIpc) is 2.65. The molecule has 1 saturated heterocycles. The summed E-state index contributed by atoms with van der Waals surface area (Å²) < 4.78 is 5.12. The molecule has 0 aliphatic carbocycles. The number of methoxy groups -OCH3 is 1. The van der Waals surface area contributed by atoms with Crippen molar-refractivity contribution in [2.75, 3.05) is 27.2 Å². The molecule has 1 atom stereocenters. The van der Waals surface area contributed by atoms with Crippen molar-refractivity contribution in [3.63, 3.8) is 0 Å². The lowest BCUT2D eigenvalue weighted by molar-refractivity contribution is -0.125. The Morgan fingerprint density at radius 2 is 2.16 bits per heavy atom. The first-order valence-corrected chi connectivity index (χ1v) is 5.98. The van der Waals surface area contributed by atoms with Crippen LogP contribution in [0.4, 0.5) is 4.79 Å². The third-order valence-corrected chi connectivity index (χ3v) is 3.13. The molecule has 6 nitrogen and oxygen atoms in total. The van der Waals surface area contributed by atoms with Gasteiger partial charge in [-0.15, -0.1) is 0 Å². The number of ether oxygens (including phenoxy) is 1. The van der Waals surface area contributed by atoms with Crippen molar-refractivity contribution in [3.05, 3.63) is 29.8 Å². The van der Waals surface area contributed by atoms with Crippen LogP contribution in [0, 0.1) is 0 Å². The van der Waals surface area contributed by atoms with Crippen LogP contribution in [0.3, 0.4) is 0 Å². The fourth-order valence-electron chi connectivity index (χ4n) is 2.02. The minimum Gasteiger partial charge on any atom is -0.497 e. The Kier molecular flexibility index (Phi) is 3.71. The van der Waals surface area contributed by atoms with E-state index in [0.29, 0.717) is 5.75 Å². The van der Waals surface area contributed by atoms with Crippen LogP contribution in [0.5, 0.6) is 5.75 Å². The molecule has 0 bridgehead atoms. The second-order valence-electron chi connectivity index (χ2n) is 4.53. The van der Waals surface area contributed by atoms with Gasteiger partial charge in [-0.25, -0.2) is 4.79 Å². The number of nitrogens with two attached hydrogens (primary N) is 1. The molecule has 19 heavy (non-hydrogen) atoms. The maximum absolute atomic E-state index is 11.8. The Morgan fingerprint density at radius 3 is 2.74 bits per heavy atom. The molecule has 6 heteroatoms. The maximum atomic E-state index is 11.8. The fourth-order valence-corrected chi connectivity index (χ4v) is 2.02. The molecule has 0 radical (unpaired) electrons. The summed E-state index contributed by atoms with van der Waals surface area (Å²) in [6.07, 6.45) is 0. The standard InChI is InChI=1S/C13H17N3O3/c1-15-8-12(17)16(13(15)18)7-11(14)9-4-3-5-10(6-9)19-2/h3-6,11H,7-8,14H2,1-2H3. The minimum atomic E-state index is -0.422. The summed E-state index contributed by atoms with van der Waals surface area (Å²) in [6.45, 7) is 0.291. The van der Waals surface area contributed by atoms with Crippen molar-refractivity contribution in [1.29, 1.82) is 0 Å². The smallest absolute Gasteiger partial charge is 0.327 e. The first kappa shape index (κ1) is 13.4. The third-order valence-electron chi connectivity index (χ3n) is 3.13. The summed E-state index contributed by atoms with van der Waals surface area (Å²) in [5.74, 6) is 0.481. The Labute approximate surface area is 111 Å². The predicted octanol–water partition coefficient (Wildman–Crippen LogP) is 0.589. The number of hydrogen-bond acceptors (Lipinski definition) is 4. The maximum Gasteiger partial charge on any atom is 0.327 e. The van der Waals surface area contributed by atoms with E-state index >= 15 is 0 Å². The van der Waals surface area contributed by atoms with Gasteiger partial charge in [-0.1, -0.05) is 12.1 Å². The number of hydrogen-bond donors (Lipinski definition) is 1. The van der Waals surface area contributed by atoms with Gasteiger partial charge in [0.2, 0.25) is 5.91 Å². The molecule has 1 aliphatic rings. The minimum absolute atomic E-state index is 0.115. The van der Waals surface area contributed by atoms with Crippen molar-refractivity contribution in [2.24, 2.45) is 5.73 Å². The first-order chi connectivity index (χ1) is 9.02. The molecule has 1 unspecified atom stereocenters. The van der Waals surface area contributed by atoms with Gasteiger partial charge in [0, 0.05) is 19.6 Å². The second kappa shape index (κ2) is 5.27. The summed E-state index contributed by atoms with van der Waals surface area (Å²) in [6, 6.07) is 6.57. The normalized spacial score (nSPS) is 17.0. The molecule has 3 amide bonds. The molecular weight excluding hydrogens is 246 g/mol. The topological polar surface area (TPSA) is 75.9 Å². The highest BCUT2D eigenvalue weighted by molar-refractivity contribution is 6.01. The van der Waals surface area contributed by atoms with E-state index in [1.807, 2.05) is 18.2 Å². The van der Waals surface area contributed by atoms with Crippen molar-refractivity contribution in [2.45, 2.75) is 6.04 Å². The third kappa shape index (κ3) is 2.68. The van der Waals surface area contributed by atoms with Gasteiger partial charge in [-0.3, -0.25) is 9.69 Å². The Hall–Kier alpha value is -2.08. The van der Waals surface area contributed by atoms with E-state index in [0.717, 1.165) is 5.56 Å². The number of amides is 3. The molecule has 1 heterocycles. The van der Waals surface area contributed by atoms with Gasteiger partial charge in [-0.05, 0) is 17.7 Å². The monoisotopic (exact) mass is 263 g/mol. The molecule has 1 aromatic carbocycles. The van der Waals surface area contributed by atoms with Crippen molar-refractivity contribution >= 4 is 11.9 Å². The zero-order valence-corrected chi connectivity index (χ0v) is 11.0. The Bertz CT molecular complexity index is 504. The van der Waals surface area contributed by atoms with Crippen LogP contribution in [0.25, 0.3) is 0 Å². The van der Waals surface area contributed by atoms with Crippen LogP contribution in [-0.4, -0.2) is 49.0 Å². The van der Waals surface area contributed by atoms with E-state index in [-0.39, 0.29) is 25.0 Å². The molecule has 0 saturated carbocycles. The van der Waals surface area contributed by atoms with Crippen LogP contribution in [0.15, 0.2) is 24.3 Å². The average molecular weight is 263 g/mol. The highest BCUT2D eigenvalue weighted by Gasteiger charge is 2.34. The largest absolute Gasteiger partial charge is 0.497 e. The van der Waals surface area contributed by atoms with Crippen LogP contribution in [0.2, 0.25) is 0 Å². The van der Waals surface area contributed by atoms with E-state index < -0.39 is 6.04 Å². The molecule has 1 aliphatic heterocycles. The fraction of sp³-hybridized carbons (Fsp3) is 0.385. The van der Waals surface area contributed by atoms with E-state index in [2.05, 4.69) is 0 Å². The molecule has 1 aromatic rings. The molecule has 0 spiro atoms. The van der Waals surface area contributed by atoms with Gasteiger partial charge in [0.15, 0.2) is 0 Å². The zero-order valence-electron chi connectivity index (χ0n) is 11.0. The number of likely N-dealkylation sites (N-methyl/N-ethyl adjacent to an activating group) is 1. The number of urea groups is 1. The van der Waals surface area contributed by atoms with Gasteiger partial charge < -0.3 is 15.4 Å². The molecule has 2 rings (SSSR count). The summed E-state index contributed by atoms with van der Waals surface area (Å²) in [5, 5.41) is 0. The number of nitrogens with zero attached hydrogens (tertiary/aromatic N) is 2. The first-order valence-electron chi connectivity index (χ1n) is 5.98. The van der Waals surface area contributed by atoms with Crippen LogP contribution in [-0.2, 0) is 4.79 Å². The molecule has 0 aromatic heterocycles. The Balaban J connectivity index is 2.10. The molecule has 102 valence electrons. The molecular formula is C13H17N3O3. The van der Waals surface area contributed by atoms with E-state index in [1.54, 1.807) is 20.2 Å². The highest BCUT2D eigenvalue weighted by Crippen LogP contribution is 2.20. The van der Waals surface area contributed by atoms with E-state index in [1.165, 1.54) is 9.80 Å². The molecule has 2 N–H and O–H groups in total. The highest BCUT2D eigenvalue weighted by atomic mass is 16.5. The van der Waals surface area contributed by atoms with Gasteiger partial charge in [-0.2, -0.15) is 0 Å². The number of benzene rings is 1. The quantitative estimate of drug-likeness (QED) is 0.807. The van der Waals surface area contributed by atoms with Crippen LogP contribution in [0.1, 0.15) is 11.6 Å². The van der Waals surface area contributed by atoms with E-state index in [4.69, 9.17) is 10.5 Å². The number of carbonyl (C=O) groups excluding carboxylic acids is 2. The lowest BCUT2D eigenvalue weighted by atomic mass is 10.1. The van der Waals surface area contributed by atoms with Crippen LogP contribution >= 0.6 is 0 Å². The van der Waals surface area contributed by atoms with Crippen molar-refractivity contribution in [1.82, 2.24) is 9.80 Å². The number of rotatable bonds is 4. The zero-order chi connectivity index (χ0) is 14.0. The van der Waals surface area contributed by atoms with Gasteiger partial charge in [0.1, 0.15) is 12.3 Å². The lowest BCUT2D eigenvalue weighted by Crippen LogP contribution is -2.37. The van der Waals surface area contributed by atoms with Crippen molar-refractivity contribution in [3.8, 4) is 5.75 Å². The van der Waals surface area contributed by atoms with E-state index in [9.17, 15) is 9.59 Å². The van der Waals surface area contributed by atoms with Gasteiger partial charge in [0.05, 0.1) is 7.11 Å².